The fraction of sp³-hybridized carbons (Fsp3) is 0.222. The van der Waals surface area contributed by atoms with E-state index in [9.17, 15) is 18.4 Å². The molecule has 1 atom stereocenters. The summed E-state index contributed by atoms with van der Waals surface area (Å²) in [5, 5.41) is 0. The van der Waals surface area contributed by atoms with Crippen molar-refractivity contribution >= 4 is 23.2 Å². The Morgan fingerprint density at radius 3 is 2.58 bits per heavy atom. The number of halogens is 2. The smallest absolute Gasteiger partial charge is 0.256 e. The number of fused-ring (bicyclic) bond motifs is 1. The Labute approximate surface area is 137 Å². The summed E-state index contributed by atoms with van der Waals surface area (Å²) in [6, 6.07) is 10.2. The van der Waals surface area contributed by atoms with Gasteiger partial charge in [-0.25, -0.2) is 13.7 Å². The van der Waals surface area contributed by atoms with Crippen LogP contribution in [0.2, 0.25) is 0 Å². The van der Waals surface area contributed by atoms with Gasteiger partial charge in [0, 0.05) is 18.3 Å². The van der Waals surface area contributed by atoms with Gasteiger partial charge in [0.1, 0.15) is 6.04 Å². The van der Waals surface area contributed by atoms with E-state index < -0.39 is 29.5 Å². The van der Waals surface area contributed by atoms with Gasteiger partial charge in [-0.3, -0.25) is 9.59 Å². The highest BCUT2D eigenvalue weighted by Crippen LogP contribution is 2.34. The summed E-state index contributed by atoms with van der Waals surface area (Å²) in [6.45, 7) is 0.661. The van der Waals surface area contributed by atoms with Gasteiger partial charge < -0.3 is 4.90 Å². The van der Waals surface area contributed by atoms with E-state index in [1.165, 1.54) is 6.07 Å². The van der Waals surface area contributed by atoms with Crippen LogP contribution >= 0.6 is 0 Å². The number of carbonyl (C=O) groups is 2. The molecule has 1 fully saturated rings. The van der Waals surface area contributed by atoms with Gasteiger partial charge in [-0.05, 0) is 30.2 Å². The SMILES string of the molecule is O=C1C[C@@H](N2CCc3ccccc32)C(=O)N1c1ccc(F)c(F)c1. The Morgan fingerprint density at radius 2 is 1.79 bits per heavy atom. The second-order valence-electron chi connectivity index (χ2n) is 5.96. The summed E-state index contributed by atoms with van der Waals surface area (Å²) in [5.41, 5.74) is 2.17. The zero-order chi connectivity index (χ0) is 16.8. The van der Waals surface area contributed by atoms with Gasteiger partial charge in [0.05, 0.1) is 12.1 Å². The molecule has 0 aliphatic carbocycles. The van der Waals surface area contributed by atoms with Crippen LogP contribution in [0.15, 0.2) is 42.5 Å². The van der Waals surface area contributed by atoms with Crippen molar-refractivity contribution in [3.63, 3.8) is 0 Å². The molecule has 2 amide bonds. The molecule has 2 aromatic carbocycles. The van der Waals surface area contributed by atoms with Crippen molar-refractivity contribution in [1.29, 1.82) is 0 Å². The summed E-state index contributed by atoms with van der Waals surface area (Å²) < 4.78 is 26.5. The van der Waals surface area contributed by atoms with Gasteiger partial charge in [0.25, 0.3) is 5.91 Å². The summed E-state index contributed by atoms with van der Waals surface area (Å²) in [5.74, 6) is -2.89. The molecule has 4 nitrogen and oxygen atoms in total. The van der Waals surface area contributed by atoms with Crippen molar-refractivity contribution in [1.82, 2.24) is 0 Å². The lowest BCUT2D eigenvalue weighted by Crippen LogP contribution is -2.41. The van der Waals surface area contributed by atoms with Gasteiger partial charge in [-0.15, -0.1) is 0 Å². The number of imide groups is 1. The fourth-order valence-electron chi connectivity index (χ4n) is 3.44. The van der Waals surface area contributed by atoms with Crippen LogP contribution in [-0.4, -0.2) is 24.4 Å². The van der Waals surface area contributed by atoms with Crippen molar-refractivity contribution < 1.29 is 18.4 Å². The number of para-hydroxylation sites is 1. The lowest BCUT2D eigenvalue weighted by Gasteiger charge is -2.25. The number of anilines is 2. The predicted octanol–water partition coefficient (Wildman–Crippen LogP) is 2.66. The summed E-state index contributed by atoms with van der Waals surface area (Å²) in [7, 11) is 0. The Balaban J connectivity index is 1.66. The molecule has 0 spiro atoms. The van der Waals surface area contributed by atoms with Gasteiger partial charge in [0.15, 0.2) is 11.6 Å². The first-order valence-electron chi connectivity index (χ1n) is 7.72. The Bertz CT molecular complexity index is 853. The Kier molecular flexibility index (Phi) is 3.33. The summed E-state index contributed by atoms with van der Waals surface area (Å²) in [4.78, 5) is 28.0. The van der Waals surface area contributed by atoms with Crippen LogP contribution in [0, 0.1) is 11.6 Å². The molecule has 4 rings (SSSR count). The highest BCUT2D eigenvalue weighted by molar-refractivity contribution is 6.23. The van der Waals surface area contributed by atoms with Gasteiger partial charge in [-0.1, -0.05) is 18.2 Å². The van der Waals surface area contributed by atoms with Crippen LogP contribution in [0.1, 0.15) is 12.0 Å². The third-order valence-corrected chi connectivity index (χ3v) is 4.58. The summed E-state index contributed by atoms with van der Waals surface area (Å²) >= 11 is 0. The molecule has 1 saturated heterocycles. The lowest BCUT2D eigenvalue weighted by molar-refractivity contribution is -0.121. The van der Waals surface area contributed by atoms with Gasteiger partial charge >= 0.3 is 0 Å². The largest absolute Gasteiger partial charge is 0.359 e. The minimum Gasteiger partial charge on any atom is -0.359 e. The van der Waals surface area contributed by atoms with E-state index in [1.807, 2.05) is 29.2 Å². The number of hydrogen-bond donors (Lipinski definition) is 0. The average Bonchev–Trinajstić information content (AvgIpc) is 3.11. The van der Waals surface area contributed by atoms with Gasteiger partial charge in [-0.2, -0.15) is 0 Å². The normalized spacial score (nSPS) is 20.0. The van der Waals surface area contributed by atoms with Crippen LogP contribution in [0.3, 0.4) is 0 Å². The molecular formula is C18H14F2N2O2. The zero-order valence-corrected chi connectivity index (χ0v) is 12.7. The molecule has 0 bridgehead atoms. The zero-order valence-electron chi connectivity index (χ0n) is 12.7. The average molecular weight is 328 g/mol. The van der Waals surface area contributed by atoms with E-state index in [1.54, 1.807) is 0 Å². The van der Waals surface area contributed by atoms with Crippen molar-refractivity contribution in [3.8, 4) is 0 Å². The molecule has 0 saturated carbocycles. The minimum absolute atomic E-state index is 0.0339. The van der Waals surface area contributed by atoms with E-state index in [4.69, 9.17) is 0 Å². The maximum Gasteiger partial charge on any atom is 0.256 e. The molecule has 0 aromatic heterocycles. The monoisotopic (exact) mass is 328 g/mol. The van der Waals surface area contributed by atoms with Crippen molar-refractivity contribution in [3.05, 3.63) is 59.7 Å². The number of benzene rings is 2. The molecule has 2 aliphatic heterocycles. The Morgan fingerprint density at radius 1 is 1.00 bits per heavy atom. The molecule has 122 valence electrons. The van der Waals surface area contributed by atoms with E-state index in [-0.39, 0.29) is 12.1 Å². The highest BCUT2D eigenvalue weighted by Gasteiger charge is 2.44. The highest BCUT2D eigenvalue weighted by atomic mass is 19.2. The molecule has 0 radical (unpaired) electrons. The van der Waals surface area contributed by atoms with Crippen LogP contribution in [-0.2, 0) is 16.0 Å². The van der Waals surface area contributed by atoms with Crippen LogP contribution in [0.25, 0.3) is 0 Å². The molecular weight excluding hydrogens is 314 g/mol. The number of carbonyl (C=O) groups excluding carboxylic acids is 2. The van der Waals surface area contributed by atoms with Crippen LogP contribution in [0.4, 0.5) is 20.2 Å². The first-order valence-corrected chi connectivity index (χ1v) is 7.72. The molecule has 2 aromatic rings. The third kappa shape index (κ3) is 2.18. The quantitative estimate of drug-likeness (QED) is 0.796. The van der Waals surface area contributed by atoms with E-state index >= 15 is 0 Å². The fourth-order valence-corrected chi connectivity index (χ4v) is 3.44. The second-order valence-corrected chi connectivity index (χ2v) is 5.96. The second kappa shape index (κ2) is 5.40. The molecule has 2 aliphatic rings. The van der Waals surface area contributed by atoms with Crippen molar-refractivity contribution in [2.24, 2.45) is 0 Å². The maximum atomic E-state index is 13.4. The maximum absolute atomic E-state index is 13.4. The summed E-state index contributed by atoms with van der Waals surface area (Å²) in [6.07, 6.45) is 0.853. The van der Waals surface area contributed by atoms with Crippen LogP contribution < -0.4 is 9.80 Å². The number of nitrogens with zero attached hydrogens (tertiary/aromatic N) is 2. The predicted molar refractivity (Wildman–Crippen MR) is 84.7 cm³/mol. The van der Waals surface area contributed by atoms with Crippen molar-refractivity contribution in [2.75, 3.05) is 16.3 Å². The van der Waals surface area contributed by atoms with Gasteiger partial charge in [0.2, 0.25) is 5.91 Å². The molecule has 0 unspecified atom stereocenters. The standard InChI is InChI=1S/C18H14F2N2O2/c19-13-6-5-12(9-14(13)20)22-17(23)10-16(18(22)24)21-8-7-11-3-1-2-4-15(11)21/h1-6,9,16H,7-8,10H2/t16-/m1/s1. The molecule has 2 heterocycles. The van der Waals surface area contributed by atoms with E-state index in [0.29, 0.717) is 6.54 Å². The Hall–Kier alpha value is -2.76. The van der Waals surface area contributed by atoms with E-state index in [0.717, 1.165) is 34.7 Å². The van der Waals surface area contributed by atoms with Crippen LogP contribution in [0.5, 0.6) is 0 Å². The third-order valence-electron chi connectivity index (χ3n) is 4.58. The first kappa shape index (κ1) is 14.8. The number of hydrogen-bond acceptors (Lipinski definition) is 3. The molecule has 6 heteroatoms. The molecule has 24 heavy (non-hydrogen) atoms. The number of amides is 2. The minimum atomic E-state index is -1.08. The lowest BCUT2D eigenvalue weighted by atomic mass is 10.1. The first-order chi connectivity index (χ1) is 11.6. The molecule has 0 N–H and O–H groups in total. The topological polar surface area (TPSA) is 40.6 Å². The van der Waals surface area contributed by atoms with Crippen molar-refractivity contribution in [2.45, 2.75) is 18.9 Å². The van der Waals surface area contributed by atoms with E-state index in [2.05, 4.69) is 0 Å². The number of rotatable bonds is 2.